The molecule has 1 nitrogen and oxygen atoms in total. The Labute approximate surface area is 170 Å². The summed E-state index contributed by atoms with van der Waals surface area (Å²) in [5.41, 5.74) is 2.52. The quantitative estimate of drug-likeness (QED) is 0.530. The summed E-state index contributed by atoms with van der Waals surface area (Å²) in [6.45, 7) is 7.31. The molecule has 2 aromatic rings. The van der Waals surface area contributed by atoms with E-state index in [9.17, 15) is 0 Å². The van der Waals surface area contributed by atoms with E-state index < -0.39 is 0 Å². The van der Waals surface area contributed by atoms with Crippen LogP contribution >= 0.6 is 0 Å². The van der Waals surface area contributed by atoms with Crippen LogP contribution in [0, 0.1) is 28.6 Å². The lowest BCUT2D eigenvalue weighted by Crippen LogP contribution is -2.51. The fourth-order valence-corrected chi connectivity index (χ4v) is 7.51. The second-order valence-electron chi connectivity index (χ2n) is 11.2. The Kier molecular flexibility index (Phi) is 4.34. The average molecular weight is 375 g/mol. The number of para-hydroxylation sites is 2. The van der Waals surface area contributed by atoms with Crippen LogP contribution in [0.25, 0.3) is 0 Å². The first-order valence-electron chi connectivity index (χ1n) is 11.2. The molecule has 4 fully saturated rings. The summed E-state index contributed by atoms with van der Waals surface area (Å²) in [5.74, 6) is 5.37. The van der Waals surface area contributed by atoms with E-state index in [1.165, 1.54) is 44.1 Å². The van der Waals surface area contributed by atoms with Crippen molar-refractivity contribution in [1.29, 1.82) is 0 Å². The van der Waals surface area contributed by atoms with E-state index in [0.717, 1.165) is 29.3 Å². The maximum atomic E-state index is 6.37. The Morgan fingerprint density at radius 2 is 1.50 bits per heavy atom. The van der Waals surface area contributed by atoms with Crippen molar-refractivity contribution in [3.63, 3.8) is 0 Å². The van der Waals surface area contributed by atoms with Crippen molar-refractivity contribution >= 4 is 0 Å². The summed E-state index contributed by atoms with van der Waals surface area (Å²) >= 11 is 0. The predicted octanol–water partition coefficient (Wildman–Crippen LogP) is 7.83. The van der Waals surface area contributed by atoms with Crippen molar-refractivity contribution < 1.29 is 4.74 Å². The summed E-state index contributed by atoms with van der Waals surface area (Å²) in [6, 6.07) is 19.1. The molecule has 0 N–H and O–H groups in total. The molecule has 2 unspecified atom stereocenters. The van der Waals surface area contributed by atoms with Crippen molar-refractivity contribution in [2.24, 2.45) is 28.6 Å². The van der Waals surface area contributed by atoms with Gasteiger partial charge in [-0.2, -0.15) is 0 Å². The summed E-state index contributed by atoms with van der Waals surface area (Å²) in [6.07, 6.45) is 8.63. The van der Waals surface area contributed by atoms with Crippen LogP contribution in [0.5, 0.6) is 11.5 Å². The van der Waals surface area contributed by atoms with Gasteiger partial charge in [0, 0.05) is 0 Å². The normalized spacial score (nSPS) is 33.8. The van der Waals surface area contributed by atoms with Crippen LogP contribution in [0.1, 0.15) is 70.8 Å². The highest BCUT2D eigenvalue weighted by Crippen LogP contribution is 2.67. The molecule has 0 saturated heterocycles. The largest absolute Gasteiger partial charge is 0.457 e. The number of benzene rings is 2. The summed E-state index contributed by atoms with van der Waals surface area (Å²) < 4.78 is 6.37. The third kappa shape index (κ3) is 3.38. The number of rotatable bonds is 4. The molecule has 4 aliphatic rings. The highest BCUT2D eigenvalue weighted by atomic mass is 16.5. The van der Waals surface area contributed by atoms with E-state index >= 15 is 0 Å². The van der Waals surface area contributed by atoms with Crippen LogP contribution in [0.3, 0.4) is 0 Å². The molecule has 0 amide bonds. The third-order valence-electron chi connectivity index (χ3n) is 7.55. The minimum atomic E-state index is 0.440. The summed E-state index contributed by atoms with van der Waals surface area (Å²) in [7, 11) is 0. The first kappa shape index (κ1) is 18.3. The van der Waals surface area contributed by atoms with Gasteiger partial charge in [-0.05, 0) is 96.8 Å². The van der Waals surface area contributed by atoms with E-state index in [2.05, 4.69) is 69.3 Å². The highest BCUT2D eigenvalue weighted by Gasteiger charge is 2.56. The molecule has 28 heavy (non-hydrogen) atoms. The van der Waals surface area contributed by atoms with Crippen molar-refractivity contribution in [1.82, 2.24) is 0 Å². The molecule has 148 valence electrons. The molecule has 0 radical (unpaired) electrons. The SMILES string of the molecule is CC(C)(C)CC12CC3CC(C1)C(c1ccccc1Oc1ccccc1)C(C3)C2. The Balaban J connectivity index is 1.45. The molecule has 4 bridgehead atoms. The summed E-state index contributed by atoms with van der Waals surface area (Å²) in [5, 5.41) is 0. The van der Waals surface area contributed by atoms with Crippen molar-refractivity contribution in [3.8, 4) is 11.5 Å². The van der Waals surface area contributed by atoms with Crippen LogP contribution < -0.4 is 4.74 Å². The molecule has 2 atom stereocenters. The van der Waals surface area contributed by atoms with Gasteiger partial charge >= 0.3 is 0 Å². The molecule has 4 saturated carbocycles. The van der Waals surface area contributed by atoms with Crippen molar-refractivity contribution in [2.75, 3.05) is 0 Å². The van der Waals surface area contributed by atoms with E-state index in [-0.39, 0.29) is 0 Å². The topological polar surface area (TPSA) is 9.23 Å². The third-order valence-corrected chi connectivity index (χ3v) is 7.55. The molecular formula is C27H34O. The maximum Gasteiger partial charge on any atom is 0.130 e. The van der Waals surface area contributed by atoms with Crippen molar-refractivity contribution in [2.45, 2.75) is 65.2 Å². The lowest BCUT2D eigenvalue weighted by molar-refractivity contribution is -0.0873. The smallest absolute Gasteiger partial charge is 0.130 e. The van der Waals surface area contributed by atoms with E-state index in [1.54, 1.807) is 0 Å². The van der Waals surface area contributed by atoms with Gasteiger partial charge in [-0.15, -0.1) is 0 Å². The summed E-state index contributed by atoms with van der Waals surface area (Å²) in [4.78, 5) is 0. The van der Waals surface area contributed by atoms with Gasteiger partial charge in [0.1, 0.15) is 11.5 Å². The fraction of sp³-hybridized carbons (Fsp3) is 0.556. The van der Waals surface area contributed by atoms with Gasteiger partial charge in [0.2, 0.25) is 0 Å². The average Bonchev–Trinajstić information content (AvgIpc) is 2.61. The number of ether oxygens (including phenoxy) is 1. The molecular weight excluding hydrogens is 340 g/mol. The van der Waals surface area contributed by atoms with Gasteiger partial charge in [0.25, 0.3) is 0 Å². The first-order chi connectivity index (χ1) is 13.4. The highest BCUT2D eigenvalue weighted by molar-refractivity contribution is 5.41. The second kappa shape index (κ2) is 6.65. The van der Waals surface area contributed by atoms with Gasteiger partial charge in [-0.3, -0.25) is 0 Å². The number of hydrogen-bond donors (Lipinski definition) is 0. The Morgan fingerprint density at radius 1 is 0.857 bits per heavy atom. The number of hydrogen-bond acceptors (Lipinski definition) is 1. The lowest BCUT2D eigenvalue weighted by atomic mass is 9.43. The predicted molar refractivity (Wildman–Crippen MR) is 116 cm³/mol. The zero-order valence-corrected chi connectivity index (χ0v) is 17.7. The molecule has 0 aliphatic heterocycles. The van der Waals surface area contributed by atoms with Crippen LogP contribution in [-0.2, 0) is 0 Å². The van der Waals surface area contributed by atoms with Gasteiger partial charge in [-0.1, -0.05) is 57.2 Å². The van der Waals surface area contributed by atoms with Crippen LogP contribution in [0.4, 0.5) is 0 Å². The molecule has 0 spiro atoms. The van der Waals surface area contributed by atoms with E-state index in [4.69, 9.17) is 4.74 Å². The maximum absolute atomic E-state index is 6.37. The molecule has 6 rings (SSSR count). The molecule has 0 aromatic heterocycles. The van der Waals surface area contributed by atoms with E-state index in [0.29, 0.717) is 16.7 Å². The first-order valence-corrected chi connectivity index (χ1v) is 11.2. The van der Waals surface area contributed by atoms with Crippen LogP contribution in [0.2, 0.25) is 0 Å². The second-order valence-corrected chi connectivity index (χ2v) is 11.2. The van der Waals surface area contributed by atoms with Gasteiger partial charge < -0.3 is 4.74 Å². The minimum absolute atomic E-state index is 0.440. The van der Waals surface area contributed by atoms with Crippen LogP contribution in [0.15, 0.2) is 54.6 Å². The molecule has 2 aromatic carbocycles. The monoisotopic (exact) mass is 374 g/mol. The molecule has 0 heterocycles. The van der Waals surface area contributed by atoms with Crippen LogP contribution in [-0.4, -0.2) is 0 Å². The van der Waals surface area contributed by atoms with Gasteiger partial charge in [0.15, 0.2) is 0 Å². The molecule has 4 aliphatic carbocycles. The van der Waals surface area contributed by atoms with Crippen molar-refractivity contribution in [3.05, 3.63) is 60.2 Å². The lowest BCUT2D eigenvalue weighted by Gasteiger charge is -2.61. The van der Waals surface area contributed by atoms with Gasteiger partial charge in [-0.25, -0.2) is 0 Å². The van der Waals surface area contributed by atoms with E-state index in [1.807, 2.05) is 6.07 Å². The Bertz CT molecular complexity index is 815. The zero-order chi connectivity index (χ0) is 19.4. The standard InChI is InChI=1S/C27H34O/c1-26(2,3)18-27-15-19-13-20(16-27)25(21(14-19)17-27)23-11-7-8-12-24(23)28-22-9-5-4-6-10-22/h4-12,19-21,25H,13-18H2,1-3H3. The Morgan fingerprint density at radius 3 is 2.18 bits per heavy atom. The minimum Gasteiger partial charge on any atom is -0.457 e. The Hall–Kier alpha value is -1.76. The zero-order valence-electron chi connectivity index (χ0n) is 17.7. The molecule has 1 heteroatoms. The fourth-order valence-electron chi connectivity index (χ4n) is 7.51. The van der Waals surface area contributed by atoms with Gasteiger partial charge in [0.05, 0.1) is 0 Å².